The first-order chi connectivity index (χ1) is 11.7. The van der Waals surface area contributed by atoms with Gasteiger partial charge in [0.25, 0.3) is 10.0 Å². The molecule has 0 unspecified atom stereocenters. The Morgan fingerprint density at radius 2 is 1.72 bits per heavy atom. The Morgan fingerprint density at radius 3 is 2.32 bits per heavy atom. The SMILES string of the molecule is Cc1cc(C)c(S(=O)(=O)N2C[C@@H](C(N)=O)Cc3ccccc32)c(C)c1. The predicted molar refractivity (Wildman–Crippen MR) is 98.0 cm³/mol. The van der Waals surface area contributed by atoms with Crippen LogP contribution in [-0.4, -0.2) is 20.9 Å². The minimum Gasteiger partial charge on any atom is -0.369 e. The Balaban J connectivity index is 2.19. The maximum absolute atomic E-state index is 13.4. The molecule has 5 nitrogen and oxygen atoms in total. The van der Waals surface area contributed by atoms with Crippen LogP contribution < -0.4 is 10.0 Å². The van der Waals surface area contributed by atoms with Gasteiger partial charge in [-0.2, -0.15) is 0 Å². The lowest BCUT2D eigenvalue weighted by molar-refractivity contribution is -0.121. The summed E-state index contributed by atoms with van der Waals surface area (Å²) in [5.41, 5.74) is 9.36. The van der Waals surface area contributed by atoms with Crippen LogP contribution in [0.5, 0.6) is 0 Å². The van der Waals surface area contributed by atoms with E-state index in [1.165, 1.54) is 4.31 Å². The summed E-state index contributed by atoms with van der Waals surface area (Å²) >= 11 is 0. The Kier molecular flexibility index (Phi) is 4.33. The van der Waals surface area contributed by atoms with Crippen molar-refractivity contribution in [3.8, 4) is 0 Å². The first-order valence-electron chi connectivity index (χ1n) is 8.19. The molecule has 1 aliphatic rings. The van der Waals surface area contributed by atoms with Crippen LogP contribution in [0.2, 0.25) is 0 Å². The third-order valence-electron chi connectivity index (χ3n) is 4.67. The Hall–Kier alpha value is -2.34. The van der Waals surface area contributed by atoms with Gasteiger partial charge in [0.15, 0.2) is 0 Å². The van der Waals surface area contributed by atoms with Gasteiger partial charge in [-0.1, -0.05) is 35.9 Å². The number of carbonyl (C=O) groups excluding carboxylic acids is 1. The molecule has 1 heterocycles. The van der Waals surface area contributed by atoms with E-state index in [1.807, 2.05) is 31.2 Å². The molecule has 0 aliphatic carbocycles. The molecule has 0 radical (unpaired) electrons. The number of amides is 1. The number of anilines is 1. The molecule has 0 aromatic heterocycles. The second kappa shape index (κ2) is 6.19. The molecule has 0 spiro atoms. The standard InChI is InChI=1S/C19H22N2O3S/c1-12-8-13(2)18(14(3)9-12)25(23,24)21-11-16(19(20)22)10-15-6-4-5-7-17(15)21/h4-9,16H,10-11H2,1-3H3,(H2,20,22)/t16-/m0/s1. The van der Waals surface area contributed by atoms with Gasteiger partial charge in [-0.05, 0) is 49.9 Å². The summed E-state index contributed by atoms with van der Waals surface area (Å²) in [6.07, 6.45) is 0.462. The fourth-order valence-electron chi connectivity index (χ4n) is 3.66. The van der Waals surface area contributed by atoms with Gasteiger partial charge in [-0.3, -0.25) is 9.10 Å². The first kappa shape index (κ1) is 17.5. The normalized spacial score (nSPS) is 17.2. The third-order valence-corrected chi connectivity index (χ3v) is 6.75. The Morgan fingerprint density at radius 1 is 1.12 bits per heavy atom. The number of nitrogens with zero attached hydrogens (tertiary/aromatic N) is 1. The van der Waals surface area contributed by atoms with Crippen molar-refractivity contribution < 1.29 is 13.2 Å². The van der Waals surface area contributed by atoms with Crippen LogP contribution in [0.1, 0.15) is 22.3 Å². The van der Waals surface area contributed by atoms with Crippen molar-refractivity contribution in [2.75, 3.05) is 10.8 Å². The van der Waals surface area contributed by atoms with E-state index in [0.29, 0.717) is 28.1 Å². The molecule has 25 heavy (non-hydrogen) atoms. The molecule has 132 valence electrons. The van der Waals surface area contributed by atoms with E-state index in [9.17, 15) is 13.2 Å². The van der Waals surface area contributed by atoms with Crippen LogP contribution in [-0.2, 0) is 21.2 Å². The molecule has 1 atom stereocenters. The number of para-hydroxylation sites is 1. The second-order valence-electron chi connectivity index (χ2n) is 6.70. The number of fused-ring (bicyclic) bond motifs is 1. The number of benzene rings is 2. The molecule has 6 heteroatoms. The lowest BCUT2D eigenvalue weighted by Crippen LogP contribution is -2.44. The zero-order valence-corrected chi connectivity index (χ0v) is 15.4. The number of hydrogen-bond donors (Lipinski definition) is 1. The summed E-state index contributed by atoms with van der Waals surface area (Å²) in [6.45, 7) is 5.61. The van der Waals surface area contributed by atoms with Gasteiger partial charge in [-0.15, -0.1) is 0 Å². The third kappa shape index (κ3) is 3.02. The molecule has 0 saturated heterocycles. The molecule has 1 aliphatic heterocycles. The van der Waals surface area contributed by atoms with Crippen molar-refractivity contribution in [1.29, 1.82) is 0 Å². The summed E-state index contributed by atoms with van der Waals surface area (Å²) < 4.78 is 28.2. The number of aryl methyl sites for hydroxylation is 3. The fourth-order valence-corrected chi connectivity index (χ4v) is 5.62. The van der Waals surface area contributed by atoms with Crippen molar-refractivity contribution >= 4 is 21.6 Å². The van der Waals surface area contributed by atoms with Gasteiger partial charge in [0.05, 0.1) is 16.5 Å². The molecule has 2 N–H and O–H groups in total. The highest BCUT2D eigenvalue weighted by Gasteiger charge is 2.36. The molecule has 1 amide bonds. The van der Waals surface area contributed by atoms with E-state index in [2.05, 4.69) is 0 Å². The Bertz CT molecular complexity index is 928. The van der Waals surface area contributed by atoms with Crippen LogP contribution in [0.4, 0.5) is 5.69 Å². The zero-order valence-electron chi connectivity index (χ0n) is 14.6. The van der Waals surface area contributed by atoms with E-state index in [4.69, 9.17) is 5.73 Å². The van der Waals surface area contributed by atoms with Gasteiger partial charge in [0, 0.05) is 6.54 Å². The van der Waals surface area contributed by atoms with E-state index in [1.54, 1.807) is 26.0 Å². The van der Waals surface area contributed by atoms with Crippen molar-refractivity contribution in [3.63, 3.8) is 0 Å². The van der Waals surface area contributed by atoms with E-state index in [-0.39, 0.29) is 6.54 Å². The molecule has 0 fully saturated rings. The monoisotopic (exact) mass is 358 g/mol. The summed E-state index contributed by atoms with van der Waals surface area (Å²) in [5, 5.41) is 0. The number of sulfonamides is 1. The largest absolute Gasteiger partial charge is 0.369 e. The lowest BCUT2D eigenvalue weighted by atomic mass is 9.93. The highest BCUT2D eigenvalue weighted by molar-refractivity contribution is 7.93. The molecular weight excluding hydrogens is 336 g/mol. The molecule has 2 aromatic rings. The van der Waals surface area contributed by atoms with Crippen molar-refractivity contribution in [3.05, 3.63) is 58.7 Å². The average molecular weight is 358 g/mol. The topological polar surface area (TPSA) is 80.5 Å². The first-order valence-corrected chi connectivity index (χ1v) is 9.63. The fraction of sp³-hybridized carbons (Fsp3) is 0.316. The van der Waals surface area contributed by atoms with Crippen LogP contribution >= 0.6 is 0 Å². The number of primary amides is 1. The number of hydrogen-bond acceptors (Lipinski definition) is 3. The van der Waals surface area contributed by atoms with Crippen molar-refractivity contribution in [1.82, 2.24) is 0 Å². The van der Waals surface area contributed by atoms with Gasteiger partial charge in [0.2, 0.25) is 5.91 Å². The number of rotatable bonds is 3. The quantitative estimate of drug-likeness (QED) is 0.915. The Labute approximate surface area is 148 Å². The number of nitrogens with two attached hydrogens (primary N) is 1. The maximum atomic E-state index is 13.4. The molecule has 0 saturated carbocycles. The molecule has 0 bridgehead atoms. The van der Waals surface area contributed by atoms with E-state index >= 15 is 0 Å². The lowest BCUT2D eigenvalue weighted by Gasteiger charge is -2.34. The highest BCUT2D eigenvalue weighted by atomic mass is 32.2. The van der Waals surface area contributed by atoms with Crippen molar-refractivity contribution in [2.45, 2.75) is 32.1 Å². The van der Waals surface area contributed by atoms with Crippen LogP contribution in [0.25, 0.3) is 0 Å². The smallest absolute Gasteiger partial charge is 0.264 e. The maximum Gasteiger partial charge on any atom is 0.264 e. The molecular formula is C19H22N2O3S. The van der Waals surface area contributed by atoms with Gasteiger partial charge < -0.3 is 5.73 Å². The van der Waals surface area contributed by atoms with E-state index < -0.39 is 21.8 Å². The van der Waals surface area contributed by atoms with Crippen LogP contribution in [0.3, 0.4) is 0 Å². The summed E-state index contributed by atoms with van der Waals surface area (Å²) in [5.74, 6) is -1.01. The van der Waals surface area contributed by atoms with E-state index in [0.717, 1.165) is 11.1 Å². The van der Waals surface area contributed by atoms with Crippen molar-refractivity contribution in [2.24, 2.45) is 11.7 Å². The summed E-state index contributed by atoms with van der Waals surface area (Å²) in [6, 6.07) is 11.0. The molecule has 3 rings (SSSR count). The zero-order chi connectivity index (χ0) is 18.4. The highest BCUT2D eigenvalue weighted by Crippen LogP contribution is 2.35. The minimum atomic E-state index is -3.79. The van der Waals surface area contributed by atoms with Gasteiger partial charge in [0.1, 0.15) is 0 Å². The summed E-state index contributed by atoms with van der Waals surface area (Å²) in [4.78, 5) is 12.1. The second-order valence-corrected chi connectivity index (χ2v) is 8.50. The average Bonchev–Trinajstić information content (AvgIpc) is 2.52. The minimum absolute atomic E-state index is 0.0709. The van der Waals surface area contributed by atoms with Gasteiger partial charge >= 0.3 is 0 Å². The van der Waals surface area contributed by atoms with Crippen LogP contribution in [0, 0.1) is 26.7 Å². The van der Waals surface area contributed by atoms with Gasteiger partial charge in [-0.25, -0.2) is 8.42 Å². The van der Waals surface area contributed by atoms with Crippen LogP contribution in [0.15, 0.2) is 41.3 Å². The summed E-state index contributed by atoms with van der Waals surface area (Å²) in [7, 11) is -3.79. The number of carbonyl (C=O) groups is 1. The molecule has 2 aromatic carbocycles. The predicted octanol–water partition coefficient (Wildman–Crippen LogP) is 2.46.